The lowest BCUT2D eigenvalue weighted by Crippen LogP contribution is -2.46. The number of rotatable bonds is 9. The molecule has 9 nitrogen and oxygen atoms in total. The van der Waals surface area contributed by atoms with Gasteiger partial charge in [0.2, 0.25) is 0 Å². The summed E-state index contributed by atoms with van der Waals surface area (Å²) in [5.74, 6) is 2.41. The van der Waals surface area contributed by atoms with Crippen LogP contribution in [0.3, 0.4) is 0 Å². The minimum Gasteiger partial charge on any atom is -0.382 e. The average molecular weight is 431 g/mol. The van der Waals surface area contributed by atoms with Gasteiger partial charge in [0.15, 0.2) is 5.82 Å². The number of nitrogen functional groups attached to an aromatic ring is 1. The lowest BCUT2D eigenvalue weighted by Gasteiger charge is -2.26. The first kappa shape index (κ1) is 21.8. The number of pyridine rings is 1. The maximum atomic E-state index is 12.1. The molecule has 2 aromatic rings. The van der Waals surface area contributed by atoms with E-state index in [0.717, 1.165) is 40.5 Å². The first-order valence-corrected chi connectivity index (χ1v) is 11.3. The van der Waals surface area contributed by atoms with Gasteiger partial charge < -0.3 is 30.0 Å². The van der Waals surface area contributed by atoms with Crippen LogP contribution in [0.5, 0.6) is 0 Å². The molecule has 0 aromatic carbocycles. The smallest absolute Gasteiger partial charge is 0.317 e. The van der Waals surface area contributed by atoms with Gasteiger partial charge in [-0.3, -0.25) is 0 Å². The van der Waals surface area contributed by atoms with Crippen molar-refractivity contribution >= 4 is 22.9 Å². The van der Waals surface area contributed by atoms with Gasteiger partial charge in [-0.05, 0) is 31.7 Å². The van der Waals surface area contributed by atoms with Crippen molar-refractivity contribution in [2.45, 2.75) is 46.1 Å². The largest absolute Gasteiger partial charge is 0.382 e. The summed E-state index contributed by atoms with van der Waals surface area (Å²) in [6.45, 7) is 8.77. The average Bonchev–Trinajstić information content (AvgIpc) is 3.53. The normalized spacial score (nSPS) is 16.8. The molecule has 0 atom stereocenters. The molecule has 1 saturated carbocycles. The number of carbonyl (C=O) groups is 1. The van der Waals surface area contributed by atoms with E-state index in [2.05, 4.69) is 21.8 Å². The van der Waals surface area contributed by atoms with E-state index in [1.54, 1.807) is 4.90 Å². The third-order valence-electron chi connectivity index (χ3n) is 6.23. The maximum absolute atomic E-state index is 12.1. The van der Waals surface area contributed by atoms with Crippen molar-refractivity contribution in [3.63, 3.8) is 0 Å². The second kappa shape index (κ2) is 9.82. The van der Waals surface area contributed by atoms with Gasteiger partial charge in [-0.2, -0.15) is 0 Å². The molecule has 170 valence electrons. The van der Waals surface area contributed by atoms with Gasteiger partial charge in [0, 0.05) is 38.3 Å². The van der Waals surface area contributed by atoms with Crippen molar-refractivity contribution in [3.8, 4) is 0 Å². The molecule has 1 saturated heterocycles. The fourth-order valence-corrected chi connectivity index (χ4v) is 4.08. The van der Waals surface area contributed by atoms with Gasteiger partial charge >= 0.3 is 6.03 Å². The first-order chi connectivity index (χ1) is 15.0. The number of nitrogens with one attached hydrogen (secondary N) is 1. The Labute approximate surface area is 183 Å². The number of anilines is 1. The van der Waals surface area contributed by atoms with Crippen LogP contribution in [0.2, 0.25) is 0 Å². The number of hydrogen-bond acceptors (Lipinski definition) is 6. The summed E-state index contributed by atoms with van der Waals surface area (Å²) in [4.78, 5) is 23.2. The molecule has 2 aliphatic rings. The van der Waals surface area contributed by atoms with E-state index in [1.165, 1.54) is 19.3 Å². The van der Waals surface area contributed by atoms with E-state index >= 15 is 0 Å². The highest BCUT2D eigenvalue weighted by Crippen LogP contribution is 2.34. The zero-order chi connectivity index (χ0) is 21.8. The summed E-state index contributed by atoms with van der Waals surface area (Å²) in [6, 6.07) is -0.0519. The number of aromatic nitrogens is 3. The molecule has 2 amide bonds. The van der Waals surface area contributed by atoms with Gasteiger partial charge in [0.1, 0.15) is 11.3 Å². The highest BCUT2D eigenvalue weighted by atomic mass is 16.5. The van der Waals surface area contributed by atoms with Crippen LogP contribution in [0.25, 0.3) is 11.0 Å². The summed E-state index contributed by atoms with van der Waals surface area (Å²) in [5, 5.41) is 2.91. The van der Waals surface area contributed by atoms with Gasteiger partial charge in [-0.25, -0.2) is 14.8 Å². The summed E-state index contributed by atoms with van der Waals surface area (Å²) >= 11 is 0. The van der Waals surface area contributed by atoms with E-state index in [1.807, 2.05) is 6.92 Å². The minimum absolute atomic E-state index is 0.0519. The lowest BCUT2D eigenvalue weighted by atomic mass is 10.2. The third kappa shape index (κ3) is 5.27. The number of fused-ring (bicyclic) bond motifs is 1. The minimum atomic E-state index is -0.0519. The van der Waals surface area contributed by atoms with E-state index in [-0.39, 0.29) is 6.03 Å². The number of urea groups is 1. The molecule has 2 aromatic heterocycles. The van der Waals surface area contributed by atoms with Crippen molar-refractivity contribution in [1.29, 1.82) is 0 Å². The van der Waals surface area contributed by atoms with Gasteiger partial charge in [-0.15, -0.1) is 0 Å². The molecule has 9 heteroatoms. The van der Waals surface area contributed by atoms with E-state index in [9.17, 15) is 4.79 Å². The van der Waals surface area contributed by atoms with E-state index in [4.69, 9.17) is 20.2 Å². The third-order valence-corrected chi connectivity index (χ3v) is 6.23. The van der Waals surface area contributed by atoms with Gasteiger partial charge in [0.05, 0.1) is 31.9 Å². The van der Waals surface area contributed by atoms with Crippen molar-refractivity contribution in [1.82, 2.24) is 24.8 Å². The van der Waals surface area contributed by atoms with Crippen molar-refractivity contribution < 1.29 is 14.3 Å². The Bertz CT molecular complexity index is 918. The molecule has 4 rings (SSSR count). The summed E-state index contributed by atoms with van der Waals surface area (Å²) in [7, 11) is 0. The number of hydrogen-bond donors (Lipinski definition) is 2. The number of carbonyl (C=O) groups excluding carboxylic acids is 1. The van der Waals surface area contributed by atoms with Crippen LogP contribution in [-0.2, 0) is 22.4 Å². The van der Waals surface area contributed by atoms with Crippen LogP contribution in [0.1, 0.15) is 36.3 Å². The predicted octanol–water partition coefficient (Wildman–Crippen LogP) is 2.03. The van der Waals surface area contributed by atoms with Crippen LogP contribution in [0, 0.1) is 19.8 Å². The van der Waals surface area contributed by atoms with Crippen LogP contribution >= 0.6 is 0 Å². The molecule has 1 aliphatic heterocycles. The molecule has 0 unspecified atom stereocenters. The zero-order valence-corrected chi connectivity index (χ0v) is 18.7. The molecule has 2 fully saturated rings. The topological polar surface area (TPSA) is 108 Å². The first-order valence-electron chi connectivity index (χ1n) is 11.3. The Morgan fingerprint density at radius 3 is 2.74 bits per heavy atom. The standard InChI is InChI=1S/C22H34N6O3/c1-15-16(2)25-21(23)19-20(15)28(18(26-19)6-5-17-3-4-17)10-14-30-11-7-24-22(29)27-8-12-31-13-9-27/h17H,3-14H2,1-2H3,(H2,23,25)(H,24,29). The Kier molecular flexibility index (Phi) is 6.92. The Morgan fingerprint density at radius 1 is 1.23 bits per heavy atom. The summed E-state index contributed by atoms with van der Waals surface area (Å²) in [5.41, 5.74) is 10.1. The fraction of sp³-hybridized carbons (Fsp3) is 0.682. The van der Waals surface area contributed by atoms with Crippen LogP contribution < -0.4 is 11.1 Å². The van der Waals surface area contributed by atoms with E-state index in [0.29, 0.717) is 58.4 Å². The summed E-state index contributed by atoms with van der Waals surface area (Å²) in [6.07, 6.45) is 4.79. The maximum Gasteiger partial charge on any atom is 0.317 e. The number of morpholine rings is 1. The number of nitrogens with zero attached hydrogens (tertiary/aromatic N) is 4. The number of ether oxygens (including phenoxy) is 2. The Morgan fingerprint density at radius 2 is 2.00 bits per heavy atom. The molecule has 0 radical (unpaired) electrons. The number of amides is 2. The predicted molar refractivity (Wildman–Crippen MR) is 119 cm³/mol. The van der Waals surface area contributed by atoms with Crippen molar-refractivity contribution in [2.24, 2.45) is 5.92 Å². The van der Waals surface area contributed by atoms with Gasteiger partial charge in [-0.1, -0.05) is 12.8 Å². The monoisotopic (exact) mass is 430 g/mol. The molecule has 3 heterocycles. The number of aryl methyl sites for hydroxylation is 3. The van der Waals surface area contributed by atoms with Gasteiger partial charge in [0.25, 0.3) is 0 Å². The molecular formula is C22H34N6O3. The molecular weight excluding hydrogens is 396 g/mol. The number of nitrogens with two attached hydrogens (primary N) is 1. The fourth-order valence-electron chi connectivity index (χ4n) is 4.08. The highest BCUT2D eigenvalue weighted by Gasteiger charge is 2.23. The van der Waals surface area contributed by atoms with Crippen molar-refractivity contribution in [2.75, 3.05) is 51.8 Å². The van der Waals surface area contributed by atoms with Crippen LogP contribution in [0.15, 0.2) is 0 Å². The molecule has 0 spiro atoms. The van der Waals surface area contributed by atoms with Crippen LogP contribution in [0.4, 0.5) is 10.6 Å². The highest BCUT2D eigenvalue weighted by molar-refractivity contribution is 5.88. The Hall–Kier alpha value is -2.39. The second-order valence-electron chi connectivity index (χ2n) is 8.51. The Balaban J connectivity index is 1.33. The van der Waals surface area contributed by atoms with E-state index < -0.39 is 0 Å². The lowest BCUT2D eigenvalue weighted by molar-refractivity contribution is 0.0523. The van der Waals surface area contributed by atoms with Crippen LogP contribution in [-0.4, -0.2) is 71.5 Å². The number of imidazole rings is 1. The molecule has 0 bridgehead atoms. The van der Waals surface area contributed by atoms with Crippen molar-refractivity contribution in [3.05, 3.63) is 17.1 Å². The zero-order valence-electron chi connectivity index (χ0n) is 18.7. The molecule has 31 heavy (non-hydrogen) atoms. The summed E-state index contributed by atoms with van der Waals surface area (Å²) < 4.78 is 13.4. The second-order valence-corrected chi connectivity index (χ2v) is 8.51. The SMILES string of the molecule is Cc1nc(N)c2nc(CCC3CC3)n(CCOCCNC(=O)N3CCOCC3)c2c1C. The molecule has 1 aliphatic carbocycles. The molecule has 3 N–H and O–H groups in total. The quantitative estimate of drug-likeness (QED) is 0.590.